The minimum absolute atomic E-state index is 0.0310. The van der Waals surface area contributed by atoms with Gasteiger partial charge in [0, 0.05) is 25.5 Å². The fraction of sp³-hybridized carbons (Fsp3) is 0.333. The van der Waals surface area contributed by atoms with Crippen molar-refractivity contribution in [2.45, 2.75) is 24.9 Å². The number of hydrogen-bond donors (Lipinski definition) is 1. The van der Waals surface area contributed by atoms with E-state index in [0.717, 1.165) is 24.0 Å². The van der Waals surface area contributed by atoms with Crippen LogP contribution in [0.1, 0.15) is 19.4 Å². The second-order valence-corrected chi connectivity index (χ2v) is 7.78. The predicted molar refractivity (Wildman–Crippen MR) is 104 cm³/mol. The number of alkyl halides is 3. The van der Waals surface area contributed by atoms with Gasteiger partial charge in [0.25, 0.3) is 0 Å². The zero-order valence-electron chi connectivity index (χ0n) is 16.0. The Balaban J connectivity index is 2.10. The Bertz CT molecular complexity index is 1050. The molecule has 0 aliphatic rings. The average molecular weight is 424 g/mol. The molecule has 0 spiro atoms. The predicted octanol–water partition coefficient (Wildman–Crippen LogP) is 3.52. The molecule has 0 aliphatic heterocycles. The SMILES string of the molecule is CCNc1cnc(-c2nnc(-c3cc(C(F)(F)F)ccn3)n2C)c(S(=O)CC)c1. The molecule has 0 bridgehead atoms. The van der Waals surface area contributed by atoms with Crippen LogP contribution in [0.4, 0.5) is 18.9 Å². The number of anilines is 1. The second kappa shape index (κ2) is 8.27. The smallest absolute Gasteiger partial charge is 0.384 e. The van der Waals surface area contributed by atoms with Crippen molar-refractivity contribution >= 4 is 16.5 Å². The zero-order chi connectivity index (χ0) is 21.2. The van der Waals surface area contributed by atoms with Crippen LogP contribution in [0.25, 0.3) is 23.0 Å². The summed E-state index contributed by atoms with van der Waals surface area (Å²) in [6.07, 6.45) is -1.83. The summed E-state index contributed by atoms with van der Waals surface area (Å²) in [7, 11) is 0.279. The molecule has 154 valence electrons. The molecular weight excluding hydrogens is 405 g/mol. The Morgan fingerprint density at radius 1 is 1.14 bits per heavy atom. The van der Waals surface area contributed by atoms with Gasteiger partial charge >= 0.3 is 6.18 Å². The van der Waals surface area contributed by atoms with Gasteiger partial charge in [-0.15, -0.1) is 10.2 Å². The number of aromatic nitrogens is 5. The summed E-state index contributed by atoms with van der Waals surface area (Å²) < 4.78 is 53.1. The van der Waals surface area contributed by atoms with Crippen LogP contribution in [0, 0.1) is 0 Å². The van der Waals surface area contributed by atoms with E-state index in [4.69, 9.17) is 0 Å². The maximum absolute atomic E-state index is 13.0. The third-order valence-electron chi connectivity index (χ3n) is 4.14. The van der Waals surface area contributed by atoms with Crippen molar-refractivity contribution < 1.29 is 17.4 Å². The van der Waals surface area contributed by atoms with Gasteiger partial charge < -0.3 is 9.88 Å². The Morgan fingerprint density at radius 3 is 2.52 bits per heavy atom. The first-order chi connectivity index (χ1) is 13.8. The van der Waals surface area contributed by atoms with Crippen LogP contribution >= 0.6 is 0 Å². The summed E-state index contributed by atoms with van der Waals surface area (Å²) in [6, 6.07) is 3.55. The number of rotatable bonds is 6. The van der Waals surface area contributed by atoms with Gasteiger partial charge in [0.05, 0.1) is 33.1 Å². The van der Waals surface area contributed by atoms with Gasteiger partial charge in [-0.1, -0.05) is 6.92 Å². The fourth-order valence-corrected chi connectivity index (χ4v) is 3.66. The third-order valence-corrected chi connectivity index (χ3v) is 5.47. The van der Waals surface area contributed by atoms with Gasteiger partial charge in [-0.2, -0.15) is 13.2 Å². The highest BCUT2D eigenvalue weighted by atomic mass is 32.2. The van der Waals surface area contributed by atoms with Crippen LogP contribution in [0.15, 0.2) is 35.5 Å². The first-order valence-electron chi connectivity index (χ1n) is 8.81. The molecule has 11 heteroatoms. The highest BCUT2D eigenvalue weighted by molar-refractivity contribution is 7.85. The van der Waals surface area contributed by atoms with E-state index in [1.807, 2.05) is 6.92 Å². The average Bonchev–Trinajstić information content (AvgIpc) is 3.08. The van der Waals surface area contributed by atoms with E-state index in [9.17, 15) is 17.4 Å². The number of halogens is 3. The van der Waals surface area contributed by atoms with Gasteiger partial charge in [-0.05, 0) is 25.1 Å². The standard InChI is InChI=1S/C18H19F3N6OS/c1-4-22-12-9-14(29(28)5-2)15(24-10-12)17-26-25-16(27(17)3)13-8-11(6-7-23-13)18(19,20)21/h6-10,22H,4-5H2,1-3H3. The Kier molecular flexibility index (Phi) is 5.96. The molecule has 0 saturated carbocycles. The molecule has 1 N–H and O–H groups in total. The van der Waals surface area contributed by atoms with Crippen molar-refractivity contribution in [1.82, 2.24) is 24.7 Å². The van der Waals surface area contributed by atoms with Crippen molar-refractivity contribution in [1.29, 1.82) is 0 Å². The lowest BCUT2D eigenvalue weighted by Gasteiger charge is -2.11. The molecule has 3 aromatic heterocycles. The molecule has 0 radical (unpaired) electrons. The van der Waals surface area contributed by atoms with Gasteiger partial charge in [0.2, 0.25) is 0 Å². The van der Waals surface area contributed by atoms with Crippen LogP contribution in [0.5, 0.6) is 0 Å². The molecule has 0 aromatic carbocycles. The molecule has 7 nitrogen and oxygen atoms in total. The van der Waals surface area contributed by atoms with E-state index >= 15 is 0 Å². The van der Waals surface area contributed by atoms with Gasteiger partial charge in [0.1, 0.15) is 11.4 Å². The second-order valence-electron chi connectivity index (χ2n) is 6.07. The normalized spacial score (nSPS) is 12.8. The largest absolute Gasteiger partial charge is 0.416 e. The molecule has 0 amide bonds. The van der Waals surface area contributed by atoms with Crippen LogP contribution < -0.4 is 5.32 Å². The van der Waals surface area contributed by atoms with Crippen molar-refractivity contribution in [3.63, 3.8) is 0 Å². The molecule has 1 unspecified atom stereocenters. The molecule has 0 saturated heterocycles. The van der Waals surface area contributed by atoms with Crippen LogP contribution in [-0.4, -0.2) is 41.2 Å². The number of hydrogen-bond acceptors (Lipinski definition) is 6. The minimum atomic E-state index is -4.49. The van der Waals surface area contributed by atoms with E-state index in [1.165, 1.54) is 4.57 Å². The molecule has 29 heavy (non-hydrogen) atoms. The molecule has 1 atom stereocenters. The lowest BCUT2D eigenvalue weighted by atomic mass is 10.2. The van der Waals surface area contributed by atoms with Crippen LogP contribution in [0.2, 0.25) is 0 Å². The van der Waals surface area contributed by atoms with Crippen molar-refractivity contribution in [2.75, 3.05) is 17.6 Å². The van der Waals surface area contributed by atoms with Crippen LogP contribution in [0.3, 0.4) is 0 Å². The summed E-state index contributed by atoms with van der Waals surface area (Å²) in [5, 5.41) is 11.2. The summed E-state index contributed by atoms with van der Waals surface area (Å²) in [6.45, 7) is 4.39. The zero-order valence-corrected chi connectivity index (χ0v) is 16.8. The van der Waals surface area contributed by atoms with Gasteiger partial charge in [-0.25, -0.2) is 4.98 Å². The lowest BCUT2D eigenvalue weighted by Crippen LogP contribution is -2.07. The van der Waals surface area contributed by atoms with Crippen molar-refractivity contribution in [3.8, 4) is 23.0 Å². The first-order valence-corrected chi connectivity index (χ1v) is 10.1. The van der Waals surface area contributed by atoms with Crippen LogP contribution in [-0.2, 0) is 24.0 Å². The maximum Gasteiger partial charge on any atom is 0.416 e. The number of pyridine rings is 2. The van der Waals surface area contributed by atoms with Gasteiger partial charge in [-0.3, -0.25) is 9.19 Å². The number of nitrogens with one attached hydrogen (secondary N) is 1. The molecule has 3 aromatic rings. The van der Waals surface area contributed by atoms with Crippen molar-refractivity contribution in [2.24, 2.45) is 7.05 Å². The fourth-order valence-electron chi connectivity index (χ4n) is 2.73. The van der Waals surface area contributed by atoms with E-state index in [1.54, 1.807) is 26.2 Å². The van der Waals surface area contributed by atoms with E-state index in [0.29, 0.717) is 28.7 Å². The van der Waals surface area contributed by atoms with E-state index in [-0.39, 0.29) is 11.5 Å². The summed E-state index contributed by atoms with van der Waals surface area (Å²) in [5.41, 5.74) is 0.284. The summed E-state index contributed by atoms with van der Waals surface area (Å²) >= 11 is 0. The Morgan fingerprint density at radius 2 is 1.86 bits per heavy atom. The van der Waals surface area contributed by atoms with E-state index < -0.39 is 22.5 Å². The van der Waals surface area contributed by atoms with Gasteiger partial charge in [0.15, 0.2) is 11.6 Å². The monoisotopic (exact) mass is 424 g/mol. The molecular formula is C18H19F3N6OS. The Hall–Kier alpha value is -2.82. The summed E-state index contributed by atoms with van der Waals surface area (Å²) in [4.78, 5) is 8.85. The van der Waals surface area contributed by atoms with E-state index in [2.05, 4.69) is 25.5 Å². The minimum Gasteiger partial charge on any atom is -0.384 e. The first kappa shape index (κ1) is 20.9. The Labute approximate surface area is 167 Å². The maximum atomic E-state index is 13.0. The highest BCUT2D eigenvalue weighted by Gasteiger charge is 2.31. The van der Waals surface area contributed by atoms with Crippen molar-refractivity contribution in [3.05, 3.63) is 36.2 Å². The molecule has 0 fully saturated rings. The molecule has 3 heterocycles. The molecule has 3 rings (SSSR count). The summed E-state index contributed by atoms with van der Waals surface area (Å²) in [5.74, 6) is 0.820. The topological polar surface area (TPSA) is 85.6 Å². The third kappa shape index (κ3) is 4.29. The highest BCUT2D eigenvalue weighted by Crippen LogP contribution is 2.32. The lowest BCUT2D eigenvalue weighted by molar-refractivity contribution is -0.137. The number of nitrogens with zero attached hydrogens (tertiary/aromatic N) is 5. The molecule has 0 aliphatic carbocycles. The quantitative estimate of drug-likeness (QED) is 0.652.